The minimum absolute atomic E-state index is 0.201. The average molecular weight is 345 g/mol. The molecule has 1 aromatic rings. The number of aliphatic hydroxyl groups is 1. The van der Waals surface area contributed by atoms with E-state index in [1.165, 1.54) is 18.2 Å². The van der Waals surface area contributed by atoms with Crippen LogP contribution < -0.4 is 4.74 Å². The predicted molar refractivity (Wildman–Crippen MR) is 84.0 cm³/mol. The second-order valence-corrected chi connectivity index (χ2v) is 5.86. The lowest BCUT2D eigenvalue weighted by Gasteiger charge is -2.24. The monoisotopic (exact) mass is 345 g/mol. The number of alkyl halides is 3. The van der Waals surface area contributed by atoms with E-state index in [0.717, 1.165) is 24.7 Å². The van der Waals surface area contributed by atoms with Crippen molar-refractivity contribution in [2.75, 3.05) is 40.0 Å². The van der Waals surface area contributed by atoms with E-state index >= 15 is 0 Å². The fraction of sp³-hybridized carbons (Fsp3) is 0.529. The predicted octanol–water partition coefficient (Wildman–Crippen LogP) is 2.72. The molecule has 0 saturated heterocycles. The van der Waals surface area contributed by atoms with Gasteiger partial charge in [0.15, 0.2) is 0 Å². The summed E-state index contributed by atoms with van der Waals surface area (Å²) in [5.74, 6) is -0.268. The van der Waals surface area contributed by atoms with E-state index in [1.807, 2.05) is 11.9 Å². The molecule has 2 rings (SSSR count). The van der Waals surface area contributed by atoms with E-state index in [0.29, 0.717) is 19.7 Å². The minimum atomic E-state index is -4.48. The Bertz CT molecular complexity index is 560. The number of likely N-dealkylation sites (N-methyl/N-ethyl adjacent to an activating group) is 1. The molecule has 0 bridgehead atoms. The zero-order chi connectivity index (χ0) is 17.6. The van der Waals surface area contributed by atoms with Crippen molar-refractivity contribution >= 4 is 0 Å². The molecule has 4 nitrogen and oxygen atoms in total. The molecule has 0 amide bonds. The molecule has 0 radical (unpaired) electrons. The summed E-state index contributed by atoms with van der Waals surface area (Å²) in [6, 6.07) is 4.99. The maximum atomic E-state index is 12.9. The van der Waals surface area contributed by atoms with Gasteiger partial charge in [-0.15, -0.1) is 0 Å². The molecule has 7 heteroatoms. The average Bonchev–Trinajstić information content (AvgIpc) is 2.53. The smallest absolute Gasteiger partial charge is 0.419 e. The van der Waals surface area contributed by atoms with Crippen LogP contribution in [0.25, 0.3) is 0 Å². The van der Waals surface area contributed by atoms with E-state index in [9.17, 15) is 18.3 Å². The van der Waals surface area contributed by atoms with Crippen molar-refractivity contribution in [3.05, 3.63) is 41.5 Å². The highest BCUT2D eigenvalue weighted by molar-refractivity contribution is 5.35. The number of para-hydroxylation sites is 1. The summed E-state index contributed by atoms with van der Waals surface area (Å²) in [7, 11) is 1.84. The van der Waals surface area contributed by atoms with Gasteiger partial charge in [-0.25, -0.2) is 0 Å². The highest BCUT2D eigenvalue weighted by Gasteiger charge is 2.34. The van der Waals surface area contributed by atoms with E-state index in [-0.39, 0.29) is 12.4 Å². The lowest BCUT2D eigenvalue weighted by atomic mass is 10.2. The van der Waals surface area contributed by atoms with Crippen LogP contribution in [0.4, 0.5) is 13.2 Å². The Morgan fingerprint density at radius 3 is 2.75 bits per heavy atom. The summed E-state index contributed by atoms with van der Waals surface area (Å²) >= 11 is 0. The summed E-state index contributed by atoms with van der Waals surface area (Å²) in [6.07, 6.45) is -2.38. The topological polar surface area (TPSA) is 41.9 Å². The Hall–Kier alpha value is -1.57. The number of benzene rings is 1. The molecular weight excluding hydrogens is 323 g/mol. The summed E-state index contributed by atoms with van der Waals surface area (Å²) in [6.45, 7) is 2.05. The lowest BCUT2D eigenvalue weighted by molar-refractivity contribution is -0.139. The summed E-state index contributed by atoms with van der Waals surface area (Å²) < 4.78 is 49.2. The maximum Gasteiger partial charge on any atom is 0.419 e. The van der Waals surface area contributed by atoms with Gasteiger partial charge in [0.05, 0.1) is 18.8 Å². The van der Waals surface area contributed by atoms with Crippen LogP contribution in [0.15, 0.2) is 35.9 Å². The molecule has 1 heterocycles. The van der Waals surface area contributed by atoms with E-state index in [1.54, 1.807) is 0 Å². The molecule has 0 aromatic heterocycles. The molecular formula is C17H22F3NO3. The third-order valence-electron chi connectivity index (χ3n) is 3.60. The van der Waals surface area contributed by atoms with Crippen molar-refractivity contribution < 1.29 is 27.8 Å². The van der Waals surface area contributed by atoms with Gasteiger partial charge in [0.1, 0.15) is 18.5 Å². The standard InChI is InChI=1S/C17H22F3NO3/c1-21(9-13-5-4-8-23-11-13)10-14(22)12-24-16-7-3-2-6-15(16)17(18,19)20/h2-3,5-7,14,22H,4,8-12H2,1H3. The van der Waals surface area contributed by atoms with Crippen molar-refractivity contribution in [3.8, 4) is 5.75 Å². The van der Waals surface area contributed by atoms with Crippen LogP contribution in [-0.4, -0.2) is 56.1 Å². The first-order valence-corrected chi connectivity index (χ1v) is 7.77. The molecule has 0 aliphatic carbocycles. The Kier molecular flexibility index (Phi) is 6.65. The number of aliphatic hydroxyl groups excluding tert-OH is 1. The van der Waals surface area contributed by atoms with Crippen molar-refractivity contribution in [2.45, 2.75) is 18.7 Å². The maximum absolute atomic E-state index is 12.9. The first-order chi connectivity index (χ1) is 11.4. The number of nitrogens with zero attached hydrogens (tertiary/aromatic N) is 1. The van der Waals surface area contributed by atoms with Gasteiger partial charge >= 0.3 is 6.18 Å². The minimum Gasteiger partial charge on any atom is -0.490 e. The Morgan fingerprint density at radius 1 is 1.33 bits per heavy atom. The van der Waals surface area contributed by atoms with Gasteiger partial charge in [0.25, 0.3) is 0 Å². The van der Waals surface area contributed by atoms with E-state index in [2.05, 4.69) is 6.08 Å². The number of hydrogen-bond donors (Lipinski definition) is 1. The van der Waals surface area contributed by atoms with Gasteiger partial charge in [0, 0.05) is 13.1 Å². The van der Waals surface area contributed by atoms with Crippen molar-refractivity contribution in [3.63, 3.8) is 0 Å². The Labute approximate surface area is 139 Å². The first kappa shape index (κ1) is 18.8. The molecule has 24 heavy (non-hydrogen) atoms. The quantitative estimate of drug-likeness (QED) is 0.772. The van der Waals surface area contributed by atoms with Crippen molar-refractivity contribution in [1.82, 2.24) is 4.90 Å². The number of rotatable bonds is 7. The second-order valence-electron chi connectivity index (χ2n) is 5.86. The van der Waals surface area contributed by atoms with Crippen LogP contribution in [0.1, 0.15) is 12.0 Å². The van der Waals surface area contributed by atoms with Crippen LogP contribution in [-0.2, 0) is 10.9 Å². The third-order valence-corrected chi connectivity index (χ3v) is 3.60. The van der Waals surface area contributed by atoms with Gasteiger partial charge in [-0.3, -0.25) is 4.90 Å². The summed E-state index contributed by atoms with van der Waals surface area (Å²) in [5, 5.41) is 10.0. The van der Waals surface area contributed by atoms with Gasteiger partial charge in [0.2, 0.25) is 0 Å². The Balaban J connectivity index is 1.83. The molecule has 1 aromatic carbocycles. The lowest BCUT2D eigenvalue weighted by Crippen LogP contribution is -2.35. The number of hydrogen-bond acceptors (Lipinski definition) is 4. The highest BCUT2D eigenvalue weighted by atomic mass is 19.4. The zero-order valence-electron chi connectivity index (χ0n) is 13.6. The molecule has 0 spiro atoms. The van der Waals surface area contributed by atoms with Gasteiger partial charge in [-0.1, -0.05) is 18.2 Å². The SMILES string of the molecule is CN(CC1=CCCOC1)CC(O)COc1ccccc1C(F)(F)F. The van der Waals surface area contributed by atoms with Crippen LogP contribution in [0.3, 0.4) is 0 Å². The third kappa shape index (κ3) is 5.81. The highest BCUT2D eigenvalue weighted by Crippen LogP contribution is 2.35. The normalized spacial score (nSPS) is 16.8. The number of ether oxygens (including phenoxy) is 2. The van der Waals surface area contributed by atoms with Crippen molar-refractivity contribution in [1.29, 1.82) is 0 Å². The summed E-state index contributed by atoms with van der Waals surface area (Å²) in [5.41, 5.74) is 0.300. The Morgan fingerprint density at radius 2 is 2.08 bits per heavy atom. The molecule has 1 atom stereocenters. The van der Waals surface area contributed by atoms with E-state index in [4.69, 9.17) is 9.47 Å². The van der Waals surface area contributed by atoms with Crippen molar-refractivity contribution in [2.24, 2.45) is 0 Å². The molecule has 0 saturated carbocycles. The fourth-order valence-electron chi connectivity index (χ4n) is 2.56. The van der Waals surface area contributed by atoms with E-state index < -0.39 is 17.8 Å². The van der Waals surface area contributed by atoms with Crippen LogP contribution in [0.2, 0.25) is 0 Å². The van der Waals surface area contributed by atoms with Gasteiger partial charge < -0.3 is 14.6 Å². The zero-order valence-corrected chi connectivity index (χ0v) is 13.6. The van der Waals surface area contributed by atoms with Crippen LogP contribution in [0, 0.1) is 0 Å². The fourth-order valence-corrected chi connectivity index (χ4v) is 2.56. The number of halogens is 3. The van der Waals surface area contributed by atoms with Gasteiger partial charge in [-0.05, 0) is 31.2 Å². The summed E-state index contributed by atoms with van der Waals surface area (Å²) in [4.78, 5) is 1.89. The van der Waals surface area contributed by atoms with Gasteiger partial charge in [-0.2, -0.15) is 13.2 Å². The molecule has 0 fully saturated rings. The van der Waals surface area contributed by atoms with Crippen LogP contribution in [0.5, 0.6) is 5.75 Å². The first-order valence-electron chi connectivity index (χ1n) is 7.77. The molecule has 1 aliphatic rings. The molecule has 1 N–H and O–H groups in total. The second kappa shape index (κ2) is 8.50. The van der Waals surface area contributed by atoms with Crippen LogP contribution >= 0.6 is 0 Å². The largest absolute Gasteiger partial charge is 0.490 e. The molecule has 134 valence electrons. The molecule has 1 aliphatic heterocycles. The molecule has 1 unspecified atom stereocenters.